The lowest BCUT2D eigenvalue weighted by Gasteiger charge is -2.29. The largest absolute Gasteiger partial charge is 0.496 e. The second kappa shape index (κ2) is 8.17. The number of nitrogens with one attached hydrogen (secondary N) is 1. The third kappa shape index (κ3) is 4.12. The maximum Gasteiger partial charge on any atom is 0.254 e. The Hall–Kier alpha value is -2.63. The molecule has 0 bridgehead atoms. The molecule has 0 radical (unpaired) electrons. The first kappa shape index (κ1) is 18.2. The van der Waals surface area contributed by atoms with Gasteiger partial charge in [-0.05, 0) is 30.9 Å². The molecule has 0 spiro atoms. The molecule has 1 N–H and O–H groups in total. The van der Waals surface area contributed by atoms with Crippen LogP contribution in [-0.2, 0) is 11.3 Å². The topological polar surface area (TPSA) is 73.2 Å². The van der Waals surface area contributed by atoms with Crippen LogP contribution in [0.2, 0.25) is 0 Å². The van der Waals surface area contributed by atoms with Crippen LogP contribution in [-0.4, -0.2) is 28.6 Å². The van der Waals surface area contributed by atoms with Gasteiger partial charge in [-0.1, -0.05) is 31.9 Å². The van der Waals surface area contributed by atoms with Gasteiger partial charge >= 0.3 is 0 Å². The maximum absolute atomic E-state index is 12.4. The zero-order valence-corrected chi connectivity index (χ0v) is 15.3. The van der Waals surface area contributed by atoms with Crippen molar-refractivity contribution in [2.45, 2.75) is 45.2 Å². The minimum Gasteiger partial charge on any atom is -0.496 e. The molecule has 2 aromatic rings. The first-order valence-corrected chi connectivity index (χ1v) is 9.07. The van der Waals surface area contributed by atoms with Crippen LogP contribution in [0.5, 0.6) is 5.75 Å². The normalized spacial score (nSPS) is 19.8. The van der Waals surface area contributed by atoms with Crippen LogP contribution in [0.3, 0.4) is 0 Å². The number of nitrogens with zero attached hydrogens (tertiary/aromatic N) is 2. The summed E-state index contributed by atoms with van der Waals surface area (Å²) in [5, 5.41) is 3.06. The van der Waals surface area contributed by atoms with Crippen molar-refractivity contribution in [3.8, 4) is 17.0 Å². The molecular formula is C20H25N3O3. The fourth-order valence-corrected chi connectivity index (χ4v) is 3.49. The van der Waals surface area contributed by atoms with E-state index in [9.17, 15) is 9.59 Å². The molecule has 6 nitrogen and oxygen atoms in total. The summed E-state index contributed by atoms with van der Waals surface area (Å²) in [4.78, 5) is 29.1. The van der Waals surface area contributed by atoms with E-state index < -0.39 is 0 Å². The van der Waals surface area contributed by atoms with Crippen LogP contribution in [0.25, 0.3) is 11.3 Å². The van der Waals surface area contributed by atoms with Crippen molar-refractivity contribution in [2.24, 2.45) is 5.92 Å². The number of rotatable bonds is 5. The second-order valence-corrected chi connectivity index (χ2v) is 6.88. The lowest BCUT2D eigenvalue weighted by atomic mass is 9.86. The van der Waals surface area contributed by atoms with Gasteiger partial charge in [0.05, 0.1) is 19.1 Å². The molecule has 6 heteroatoms. The summed E-state index contributed by atoms with van der Waals surface area (Å²) in [6, 6.07) is 9.04. The molecule has 26 heavy (non-hydrogen) atoms. The van der Waals surface area contributed by atoms with Gasteiger partial charge in [-0.2, -0.15) is 0 Å². The minimum absolute atomic E-state index is 0.0126. The highest BCUT2D eigenvalue weighted by Crippen LogP contribution is 2.27. The Morgan fingerprint density at radius 1 is 1.31 bits per heavy atom. The zero-order valence-electron chi connectivity index (χ0n) is 15.3. The van der Waals surface area contributed by atoms with Gasteiger partial charge in [0.15, 0.2) is 0 Å². The standard InChI is InChI=1S/C20H25N3O3/c1-14-7-3-5-9-16(14)22-19(24)12-23-13-21-17(11-20(23)25)15-8-4-6-10-18(15)26-2/h4,6,8,10-11,13-14,16H,3,5,7,9,12H2,1-2H3,(H,22,24). The van der Waals surface area contributed by atoms with E-state index in [0.29, 0.717) is 17.4 Å². The van der Waals surface area contributed by atoms with Crippen molar-refractivity contribution in [1.29, 1.82) is 0 Å². The van der Waals surface area contributed by atoms with E-state index in [4.69, 9.17) is 4.74 Å². The molecule has 1 amide bonds. The van der Waals surface area contributed by atoms with Gasteiger partial charge in [0, 0.05) is 17.7 Å². The Labute approximate surface area is 153 Å². The molecule has 1 aromatic heterocycles. The summed E-state index contributed by atoms with van der Waals surface area (Å²) < 4.78 is 6.65. The van der Waals surface area contributed by atoms with E-state index in [1.807, 2.05) is 24.3 Å². The van der Waals surface area contributed by atoms with E-state index in [0.717, 1.165) is 24.8 Å². The highest BCUT2D eigenvalue weighted by atomic mass is 16.5. The average molecular weight is 355 g/mol. The molecule has 1 aliphatic rings. The Kier molecular flexibility index (Phi) is 5.71. The lowest BCUT2D eigenvalue weighted by molar-refractivity contribution is -0.123. The second-order valence-electron chi connectivity index (χ2n) is 6.88. The number of carbonyl (C=O) groups excluding carboxylic acids is 1. The molecule has 3 rings (SSSR count). The Balaban J connectivity index is 1.72. The summed E-state index contributed by atoms with van der Waals surface area (Å²) >= 11 is 0. The summed E-state index contributed by atoms with van der Waals surface area (Å²) in [5.74, 6) is 0.995. The minimum atomic E-state index is -0.257. The number of benzene rings is 1. The van der Waals surface area contributed by atoms with Crippen LogP contribution >= 0.6 is 0 Å². The summed E-state index contributed by atoms with van der Waals surface area (Å²) in [6.07, 6.45) is 5.94. The summed E-state index contributed by atoms with van der Waals surface area (Å²) in [5.41, 5.74) is 1.03. The van der Waals surface area contributed by atoms with E-state index in [1.165, 1.54) is 23.4 Å². The number of hydrogen-bond donors (Lipinski definition) is 1. The first-order valence-electron chi connectivity index (χ1n) is 9.07. The molecule has 2 unspecified atom stereocenters. The molecule has 138 valence electrons. The number of ether oxygens (including phenoxy) is 1. The highest BCUT2D eigenvalue weighted by molar-refractivity contribution is 5.76. The van der Waals surface area contributed by atoms with Crippen LogP contribution in [0.15, 0.2) is 41.5 Å². The predicted molar refractivity (Wildman–Crippen MR) is 100 cm³/mol. The van der Waals surface area contributed by atoms with Crippen LogP contribution in [0, 0.1) is 5.92 Å². The van der Waals surface area contributed by atoms with Gasteiger partial charge in [0.25, 0.3) is 5.56 Å². The number of carbonyl (C=O) groups is 1. The molecular weight excluding hydrogens is 330 g/mol. The summed E-state index contributed by atoms with van der Waals surface area (Å²) in [7, 11) is 1.58. The molecule has 1 saturated carbocycles. The first-order chi connectivity index (χ1) is 12.6. The molecule has 1 aromatic carbocycles. The van der Waals surface area contributed by atoms with Crippen molar-refractivity contribution in [3.63, 3.8) is 0 Å². The fraction of sp³-hybridized carbons (Fsp3) is 0.450. The maximum atomic E-state index is 12.4. The van der Waals surface area contributed by atoms with Crippen LogP contribution < -0.4 is 15.6 Å². The van der Waals surface area contributed by atoms with E-state index in [1.54, 1.807) is 7.11 Å². The molecule has 0 aliphatic heterocycles. The number of aromatic nitrogens is 2. The van der Waals surface area contributed by atoms with E-state index in [2.05, 4.69) is 17.2 Å². The molecule has 1 fully saturated rings. The number of amides is 1. The third-order valence-electron chi connectivity index (χ3n) is 5.03. The Morgan fingerprint density at radius 3 is 2.81 bits per heavy atom. The van der Waals surface area contributed by atoms with E-state index in [-0.39, 0.29) is 24.1 Å². The van der Waals surface area contributed by atoms with Crippen molar-refractivity contribution in [3.05, 3.63) is 47.0 Å². The highest BCUT2D eigenvalue weighted by Gasteiger charge is 2.22. The smallest absolute Gasteiger partial charge is 0.254 e. The van der Waals surface area contributed by atoms with Crippen molar-refractivity contribution in [2.75, 3.05) is 7.11 Å². The number of para-hydroxylation sites is 1. The Bertz CT molecular complexity index is 831. The van der Waals surface area contributed by atoms with Crippen LogP contribution in [0.1, 0.15) is 32.6 Å². The average Bonchev–Trinajstić information content (AvgIpc) is 2.65. The summed E-state index contributed by atoms with van der Waals surface area (Å²) in [6.45, 7) is 2.15. The Morgan fingerprint density at radius 2 is 2.08 bits per heavy atom. The SMILES string of the molecule is COc1ccccc1-c1cc(=O)n(CC(=O)NC2CCCCC2C)cn1. The number of hydrogen-bond acceptors (Lipinski definition) is 4. The van der Waals surface area contributed by atoms with E-state index >= 15 is 0 Å². The van der Waals surface area contributed by atoms with Crippen molar-refractivity contribution in [1.82, 2.24) is 14.9 Å². The van der Waals surface area contributed by atoms with Crippen molar-refractivity contribution >= 4 is 5.91 Å². The van der Waals surface area contributed by atoms with Gasteiger partial charge in [0.1, 0.15) is 12.3 Å². The molecule has 2 atom stereocenters. The predicted octanol–water partition coefficient (Wildman–Crippen LogP) is 2.61. The van der Waals surface area contributed by atoms with Crippen LogP contribution in [0.4, 0.5) is 0 Å². The van der Waals surface area contributed by atoms with Gasteiger partial charge in [-0.3, -0.25) is 14.2 Å². The van der Waals surface area contributed by atoms with Gasteiger partial charge in [-0.15, -0.1) is 0 Å². The van der Waals surface area contributed by atoms with Gasteiger partial charge in [-0.25, -0.2) is 4.98 Å². The van der Waals surface area contributed by atoms with Gasteiger partial charge in [0.2, 0.25) is 5.91 Å². The van der Waals surface area contributed by atoms with Crippen molar-refractivity contribution < 1.29 is 9.53 Å². The third-order valence-corrected chi connectivity index (χ3v) is 5.03. The zero-order chi connectivity index (χ0) is 18.5. The monoisotopic (exact) mass is 355 g/mol. The molecule has 0 saturated heterocycles. The number of methoxy groups -OCH3 is 1. The van der Waals surface area contributed by atoms with Gasteiger partial charge < -0.3 is 10.1 Å². The molecule has 1 aliphatic carbocycles. The lowest BCUT2D eigenvalue weighted by Crippen LogP contribution is -2.43. The fourth-order valence-electron chi connectivity index (χ4n) is 3.49. The molecule has 1 heterocycles. The quantitative estimate of drug-likeness (QED) is 0.895.